The minimum absolute atomic E-state index is 0.0358. The van der Waals surface area contributed by atoms with E-state index in [9.17, 15) is 9.59 Å². The molecule has 114 valence electrons. The van der Waals surface area contributed by atoms with Gasteiger partial charge in [0.15, 0.2) is 0 Å². The van der Waals surface area contributed by atoms with Crippen molar-refractivity contribution >= 4 is 11.8 Å². The van der Waals surface area contributed by atoms with Crippen molar-refractivity contribution in [1.82, 2.24) is 10.2 Å². The highest BCUT2D eigenvalue weighted by Crippen LogP contribution is 2.32. The molecule has 0 saturated carbocycles. The van der Waals surface area contributed by atoms with Crippen LogP contribution < -0.4 is 10.1 Å². The van der Waals surface area contributed by atoms with Crippen LogP contribution in [0.2, 0.25) is 0 Å². The molecule has 21 heavy (non-hydrogen) atoms. The zero-order valence-corrected chi connectivity index (χ0v) is 12.8. The molecular formula is C16H22N2O3. The van der Waals surface area contributed by atoms with Crippen LogP contribution in [-0.2, 0) is 16.0 Å². The first-order valence-electron chi connectivity index (χ1n) is 7.23. The van der Waals surface area contributed by atoms with E-state index in [1.807, 2.05) is 24.0 Å². The van der Waals surface area contributed by atoms with Gasteiger partial charge in [-0.3, -0.25) is 9.59 Å². The molecule has 0 saturated heterocycles. The van der Waals surface area contributed by atoms with Crippen LogP contribution in [0, 0.1) is 0 Å². The SMILES string of the molecule is COc1ccc2c(c1)C(C)N(C(=O)CCNC(C)=O)CC2. The largest absolute Gasteiger partial charge is 0.497 e. The van der Waals surface area contributed by atoms with Crippen LogP contribution >= 0.6 is 0 Å². The summed E-state index contributed by atoms with van der Waals surface area (Å²) in [7, 11) is 1.64. The molecule has 0 aliphatic carbocycles. The number of hydrogen-bond donors (Lipinski definition) is 1. The summed E-state index contributed by atoms with van der Waals surface area (Å²) in [5.74, 6) is 0.780. The Bertz CT molecular complexity index is 542. The van der Waals surface area contributed by atoms with Crippen LogP contribution in [0.5, 0.6) is 5.75 Å². The highest BCUT2D eigenvalue weighted by atomic mass is 16.5. The topological polar surface area (TPSA) is 58.6 Å². The number of nitrogens with zero attached hydrogens (tertiary/aromatic N) is 1. The van der Waals surface area contributed by atoms with Gasteiger partial charge in [0.2, 0.25) is 11.8 Å². The Labute approximate surface area is 125 Å². The van der Waals surface area contributed by atoms with Gasteiger partial charge in [0.25, 0.3) is 0 Å². The minimum Gasteiger partial charge on any atom is -0.497 e. The van der Waals surface area contributed by atoms with Crippen LogP contribution in [-0.4, -0.2) is 36.9 Å². The second-order valence-electron chi connectivity index (χ2n) is 5.31. The summed E-state index contributed by atoms with van der Waals surface area (Å²) in [6, 6.07) is 6.07. The molecule has 1 aliphatic heterocycles. The zero-order valence-electron chi connectivity index (χ0n) is 12.8. The Morgan fingerprint density at radius 2 is 2.19 bits per heavy atom. The number of fused-ring (bicyclic) bond motifs is 1. The first kappa shape index (κ1) is 15.4. The highest BCUT2D eigenvalue weighted by molar-refractivity contribution is 5.78. The molecule has 1 N–H and O–H groups in total. The Hall–Kier alpha value is -2.04. The predicted octanol–water partition coefficient (Wildman–Crippen LogP) is 1.67. The van der Waals surface area contributed by atoms with Crippen LogP contribution in [0.3, 0.4) is 0 Å². The summed E-state index contributed by atoms with van der Waals surface area (Å²) in [4.78, 5) is 25.0. The number of carbonyl (C=O) groups is 2. The number of methoxy groups -OCH3 is 1. The molecule has 1 aliphatic rings. The maximum absolute atomic E-state index is 12.3. The van der Waals surface area contributed by atoms with Crippen molar-refractivity contribution in [3.05, 3.63) is 29.3 Å². The predicted molar refractivity (Wildman–Crippen MR) is 80.1 cm³/mol. The number of ether oxygens (including phenoxy) is 1. The molecule has 2 rings (SSSR count). The maximum atomic E-state index is 12.3. The number of carbonyl (C=O) groups excluding carboxylic acids is 2. The summed E-state index contributed by atoms with van der Waals surface area (Å²) in [5.41, 5.74) is 2.42. The van der Waals surface area contributed by atoms with E-state index >= 15 is 0 Å². The van der Waals surface area contributed by atoms with Gasteiger partial charge < -0.3 is 15.0 Å². The summed E-state index contributed by atoms with van der Waals surface area (Å²) >= 11 is 0. The van der Waals surface area contributed by atoms with Gasteiger partial charge in [0, 0.05) is 26.4 Å². The quantitative estimate of drug-likeness (QED) is 0.917. The van der Waals surface area contributed by atoms with Gasteiger partial charge in [-0.2, -0.15) is 0 Å². The Kier molecular flexibility index (Phi) is 4.83. The molecule has 5 nitrogen and oxygen atoms in total. The second-order valence-corrected chi connectivity index (χ2v) is 5.31. The number of hydrogen-bond acceptors (Lipinski definition) is 3. The van der Waals surface area contributed by atoms with Gasteiger partial charge >= 0.3 is 0 Å². The molecular weight excluding hydrogens is 268 g/mol. The summed E-state index contributed by atoms with van der Waals surface area (Å²) < 4.78 is 5.26. The number of rotatable bonds is 4. The molecule has 0 radical (unpaired) electrons. The lowest BCUT2D eigenvalue weighted by atomic mass is 9.93. The molecule has 5 heteroatoms. The van der Waals surface area contributed by atoms with Crippen LogP contribution in [0.15, 0.2) is 18.2 Å². The average Bonchev–Trinajstić information content (AvgIpc) is 2.47. The van der Waals surface area contributed by atoms with Gasteiger partial charge in [0.05, 0.1) is 13.2 Å². The third-order valence-electron chi connectivity index (χ3n) is 3.93. The van der Waals surface area contributed by atoms with Crippen molar-refractivity contribution in [2.75, 3.05) is 20.2 Å². The van der Waals surface area contributed by atoms with E-state index in [4.69, 9.17) is 4.74 Å². The maximum Gasteiger partial charge on any atom is 0.224 e. The smallest absolute Gasteiger partial charge is 0.224 e. The van der Waals surface area contributed by atoms with E-state index in [1.165, 1.54) is 12.5 Å². The lowest BCUT2D eigenvalue weighted by Gasteiger charge is -2.35. The fourth-order valence-corrected chi connectivity index (χ4v) is 2.75. The lowest BCUT2D eigenvalue weighted by Crippen LogP contribution is -2.40. The van der Waals surface area contributed by atoms with E-state index in [-0.39, 0.29) is 17.9 Å². The average molecular weight is 290 g/mol. The second kappa shape index (κ2) is 6.61. The van der Waals surface area contributed by atoms with E-state index in [0.717, 1.165) is 24.3 Å². The molecule has 1 unspecified atom stereocenters. The Balaban J connectivity index is 2.06. The fraction of sp³-hybridized carbons (Fsp3) is 0.500. The molecule has 1 aromatic rings. The van der Waals surface area contributed by atoms with Crippen molar-refractivity contribution < 1.29 is 14.3 Å². The molecule has 0 spiro atoms. The Morgan fingerprint density at radius 3 is 2.86 bits per heavy atom. The molecule has 0 bridgehead atoms. The molecule has 1 aromatic carbocycles. The summed E-state index contributed by atoms with van der Waals surface area (Å²) in [6.45, 7) is 4.60. The van der Waals surface area contributed by atoms with E-state index in [2.05, 4.69) is 11.4 Å². The van der Waals surface area contributed by atoms with Crippen LogP contribution in [0.25, 0.3) is 0 Å². The van der Waals surface area contributed by atoms with Gasteiger partial charge in [-0.1, -0.05) is 6.07 Å². The third kappa shape index (κ3) is 3.54. The number of benzene rings is 1. The van der Waals surface area contributed by atoms with Gasteiger partial charge in [-0.05, 0) is 36.6 Å². The van der Waals surface area contributed by atoms with Crippen LogP contribution in [0.1, 0.15) is 37.4 Å². The third-order valence-corrected chi connectivity index (χ3v) is 3.93. The van der Waals surface area contributed by atoms with Crippen molar-refractivity contribution in [3.63, 3.8) is 0 Å². The molecule has 1 atom stereocenters. The lowest BCUT2D eigenvalue weighted by molar-refractivity contribution is -0.133. The highest BCUT2D eigenvalue weighted by Gasteiger charge is 2.27. The monoisotopic (exact) mass is 290 g/mol. The summed E-state index contributed by atoms with van der Waals surface area (Å²) in [5, 5.41) is 2.66. The fourth-order valence-electron chi connectivity index (χ4n) is 2.75. The molecule has 0 fully saturated rings. The molecule has 2 amide bonds. The standard InChI is InChI=1S/C16H22N2O3/c1-11-15-10-14(21-3)5-4-13(15)7-9-18(11)16(20)6-8-17-12(2)19/h4-5,10-11H,6-9H2,1-3H3,(H,17,19). The van der Waals surface area contributed by atoms with Gasteiger partial charge in [0.1, 0.15) is 5.75 Å². The van der Waals surface area contributed by atoms with Crippen molar-refractivity contribution in [2.24, 2.45) is 0 Å². The van der Waals surface area contributed by atoms with Crippen molar-refractivity contribution in [3.8, 4) is 5.75 Å². The number of nitrogens with one attached hydrogen (secondary N) is 1. The Morgan fingerprint density at radius 1 is 1.43 bits per heavy atom. The molecule has 1 heterocycles. The van der Waals surface area contributed by atoms with Crippen molar-refractivity contribution in [2.45, 2.75) is 32.7 Å². The van der Waals surface area contributed by atoms with Crippen molar-refractivity contribution in [1.29, 1.82) is 0 Å². The van der Waals surface area contributed by atoms with E-state index in [1.54, 1.807) is 7.11 Å². The first-order valence-corrected chi connectivity index (χ1v) is 7.23. The normalized spacial score (nSPS) is 17.1. The zero-order chi connectivity index (χ0) is 15.4. The van der Waals surface area contributed by atoms with Gasteiger partial charge in [-0.25, -0.2) is 0 Å². The summed E-state index contributed by atoms with van der Waals surface area (Å²) in [6.07, 6.45) is 1.19. The minimum atomic E-state index is -0.107. The van der Waals surface area contributed by atoms with Gasteiger partial charge in [-0.15, -0.1) is 0 Å². The van der Waals surface area contributed by atoms with E-state index < -0.39 is 0 Å². The van der Waals surface area contributed by atoms with E-state index in [0.29, 0.717) is 13.0 Å². The van der Waals surface area contributed by atoms with Crippen LogP contribution in [0.4, 0.5) is 0 Å². The molecule has 0 aromatic heterocycles. The first-order chi connectivity index (χ1) is 10.0. The number of amides is 2.